The molecule has 2 N–H and O–H groups in total. The molecule has 1 aliphatic carbocycles. The van der Waals surface area contributed by atoms with Gasteiger partial charge in [-0.25, -0.2) is 8.42 Å². The first-order chi connectivity index (χ1) is 9.87. The molecule has 1 saturated carbocycles. The lowest BCUT2D eigenvalue weighted by Gasteiger charge is -2.34. The maximum Gasteiger partial charge on any atom is 0.243 e. The molecule has 0 atom stereocenters. The summed E-state index contributed by atoms with van der Waals surface area (Å²) in [5.74, 6) is 0.756. The van der Waals surface area contributed by atoms with E-state index in [4.69, 9.17) is 5.73 Å². The molecule has 1 aliphatic rings. The van der Waals surface area contributed by atoms with Gasteiger partial charge in [0.25, 0.3) is 0 Å². The van der Waals surface area contributed by atoms with Gasteiger partial charge in [-0.2, -0.15) is 4.31 Å². The highest BCUT2D eigenvalue weighted by Gasteiger charge is 2.32. The molecule has 0 saturated heterocycles. The van der Waals surface area contributed by atoms with Crippen molar-refractivity contribution >= 4 is 15.7 Å². The summed E-state index contributed by atoms with van der Waals surface area (Å²) >= 11 is 0. The van der Waals surface area contributed by atoms with Gasteiger partial charge in [-0.3, -0.25) is 0 Å². The Kier molecular flexibility index (Phi) is 4.94. The number of nitrogen functional groups attached to an aromatic ring is 1. The van der Waals surface area contributed by atoms with E-state index in [0.29, 0.717) is 16.1 Å². The van der Waals surface area contributed by atoms with Crippen LogP contribution in [0.4, 0.5) is 5.69 Å². The maximum absolute atomic E-state index is 12.8. The number of nitrogens with zero attached hydrogens (tertiary/aromatic N) is 1. The smallest absolute Gasteiger partial charge is 0.243 e. The molecule has 4 nitrogen and oxygen atoms in total. The molecule has 0 radical (unpaired) electrons. The number of hydrogen-bond acceptors (Lipinski definition) is 3. The molecule has 0 heterocycles. The molecule has 0 aromatic heterocycles. The van der Waals surface area contributed by atoms with Gasteiger partial charge in [0.2, 0.25) is 10.0 Å². The van der Waals surface area contributed by atoms with Crippen molar-refractivity contribution in [3.8, 4) is 0 Å². The summed E-state index contributed by atoms with van der Waals surface area (Å²) in [6, 6.07) is 5.20. The molecule has 0 spiro atoms. The Bertz CT molecular complexity index is 590. The Morgan fingerprint density at radius 1 is 1.24 bits per heavy atom. The molecule has 5 heteroatoms. The fraction of sp³-hybridized carbons (Fsp3) is 0.625. The van der Waals surface area contributed by atoms with E-state index >= 15 is 0 Å². The van der Waals surface area contributed by atoms with Crippen molar-refractivity contribution in [3.63, 3.8) is 0 Å². The number of nitrogens with two attached hydrogens (primary N) is 1. The first-order valence-corrected chi connectivity index (χ1v) is 9.15. The molecule has 21 heavy (non-hydrogen) atoms. The van der Waals surface area contributed by atoms with Crippen LogP contribution in [0.3, 0.4) is 0 Å². The number of hydrogen-bond donors (Lipinski definition) is 1. The van der Waals surface area contributed by atoms with Crippen LogP contribution >= 0.6 is 0 Å². The largest absolute Gasteiger partial charge is 0.398 e. The summed E-state index contributed by atoms with van der Waals surface area (Å²) in [7, 11) is -1.76. The lowest BCUT2D eigenvalue weighted by molar-refractivity contribution is 0.233. The van der Waals surface area contributed by atoms with Crippen LogP contribution in [0.25, 0.3) is 0 Å². The normalized spacial score (nSPS) is 23.4. The monoisotopic (exact) mass is 310 g/mol. The molecule has 2 rings (SSSR count). The topological polar surface area (TPSA) is 63.4 Å². The second-order valence-electron chi connectivity index (χ2n) is 6.07. The Morgan fingerprint density at radius 2 is 1.86 bits per heavy atom. The summed E-state index contributed by atoms with van der Waals surface area (Å²) in [6.45, 7) is 3.98. The van der Waals surface area contributed by atoms with Crippen molar-refractivity contribution < 1.29 is 8.42 Å². The quantitative estimate of drug-likeness (QED) is 0.869. The van der Waals surface area contributed by atoms with Crippen LogP contribution in [0.2, 0.25) is 0 Å². The number of benzene rings is 1. The SMILES string of the molecule is CCC1CCC(N(C)S(=O)(=O)c2cccc(N)c2C)CC1. The third-order valence-corrected chi connectivity index (χ3v) is 6.95. The first-order valence-electron chi connectivity index (χ1n) is 7.71. The molecule has 118 valence electrons. The maximum atomic E-state index is 12.8. The number of anilines is 1. The second-order valence-corrected chi connectivity index (χ2v) is 8.04. The fourth-order valence-corrected chi connectivity index (χ4v) is 4.85. The summed E-state index contributed by atoms with van der Waals surface area (Å²) in [6.07, 6.45) is 5.34. The lowest BCUT2D eigenvalue weighted by Crippen LogP contribution is -2.39. The van der Waals surface area contributed by atoms with Crippen molar-refractivity contribution in [2.24, 2.45) is 5.92 Å². The fourth-order valence-electron chi connectivity index (χ4n) is 3.18. The molecule has 1 aromatic carbocycles. The van der Waals surface area contributed by atoms with Gasteiger partial charge in [-0.05, 0) is 56.2 Å². The van der Waals surface area contributed by atoms with Crippen molar-refractivity contribution in [3.05, 3.63) is 23.8 Å². The average molecular weight is 310 g/mol. The van der Waals surface area contributed by atoms with Crippen LogP contribution in [0, 0.1) is 12.8 Å². The van der Waals surface area contributed by atoms with E-state index in [2.05, 4.69) is 6.92 Å². The van der Waals surface area contributed by atoms with Crippen LogP contribution in [0.5, 0.6) is 0 Å². The third kappa shape index (κ3) is 3.24. The van der Waals surface area contributed by atoms with Gasteiger partial charge in [0.15, 0.2) is 0 Å². The molecule has 0 unspecified atom stereocenters. The first kappa shape index (κ1) is 16.3. The van der Waals surface area contributed by atoms with Crippen LogP contribution in [-0.2, 0) is 10.0 Å². The van der Waals surface area contributed by atoms with Gasteiger partial charge < -0.3 is 5.73 Å². The summed E-state index contributed by atoms with van der Waals surface area (Å²) in [5.41, 5.74) is 7.02. The molecule has 1 fully saturated rings. The van der Waals surface area contributed by atoms with Crippen LogP contribution in [-0.4, -0.2) is 25.8 Å². The van der Waals surface area contributed by atoms with Gasteiger partial charge in [-0.1, -0.05) is 19.4 Å². The van der Waals surface area contributed by atoms with Crippen molar-refractivity contribution in [1.82, 2.24) is 4.31 Å². The minimum Gasteiger partial charge on any atom is -0.398 e. The highest BCUT2D eigenvalue weighted by molar-refractivity contribution is 7.89. The van der Waals surface area contributed by atoms with E-state index in [9.17, 15) is 8.42 Å². The predicted molar refractivity (Wildman–Crippen MR) is 86.6 cm³/mol. The minimum atomic E-state index is -3.46. The van der Waals surface area contributed by atoms with Crippen LogP contribution in [0.15, 0.2) is 23.1 Å². The Labute approximate surface area is 128 Å². The second kappa shape index (κ2) is 6.36. The van der Waals surface area contributed by atoms with E-state index < -0.39 is 10.0 Å². The van der Waals surface area contributed by atoms with Gasteiger partial charge in [0, 0.05) is 18.8 Å². The zero-order valence-corrected chi connectivity index (χ0v) is 14.0. The molecule has 0 aliphatic heterocycles. The highest BCUT2D eigenvalue weighted by atomic mass is 32.2. The Balaban J connectivity index is 2.21. The van der Waals surface area contributed by atoms with Crippen LogP contribution in [0.1, 0.15) is 44.6 Å². The lowest BCUT2D eigenvalue weighted by atomic mass is 9.85. The summed E-state index contributed by atoms with van der Waals surface area (Å²) in [4.78, 5) is 0.336. The summed E-state index contributed by atoms with van der Waals surface area (Å²) < 4.78 is 27.2. The van der Waals surface area contributed by atoms with Crippen molar-refractivity contribution in [2.75, 3.05) is 12.8 Å². The Morgan fingerprint density at radius 3 is 2.43 bits per heavy atom. The molecule has 1 aromatic rings. The average Bonchev–Trinajstić information content (AvgIpc) is 2.49. The van der Waals surface area contributed by atoms with Crippen molar-refractivity contribution in [2.45, 2.75) is 56.9 Å². The van der Waals surface area contributed by atoms with E-state index in [-0.39, 0.29) is 6.04 Å². The Hall–Kier alpha value is -1.07. The third-order valence-electron chi connectivity index (χ3n) is 4.89. The van der Waals surface area contributed by atoms with Crippen molar-refractivity contribution in [1.29, 1.82) is 0 Å². The van der Waals surface area contributed by atoms with Gasteiger partial charge in [0.05, 0.1) is 4.90 Å². The minimum absolute atomic E-state index is 0.110. The molecule has 0 bridgehead atoms. The molecule has 0 amide bonds. The zero-order chi connectivity index (χ0) is 15.6. The van der Waals surface area contributed by atoms with E-state index in [1.54, 1.807) is 36.5 Å². The molecular weight excluding hydrogens is 284 g/mol. The standard InChI is InChI=1S/C16H26N2O2S/c1-4-13-8-10-14(11-9-13)18(3)21(19,20)16-7-5-6-15(17)12(16)2/h5-7,13-14H,4,8-11,17H2,1-3H3. The van der Waals surface area contributed by atoms with E-state index in [1.165, 1.54) is 6.42 Å². The molecular formula is C16H26N2O2S. The number of sulfonamides is 1. The number of rotatable bonds is 4. The van der Waals surface area contributed by atoms with Gasteiger partial charge in [0.1, 0.15) is 0 Å². The zero-order valence-electron chi connectivity index (χ0n) is 13.2. The van der Waals surface area contributed by atoms with Gasteiger partial charge in [-0.15, -0.1) is 0 Å². The highest BCUT2D eigenvalue weighted by Crippen LogP contribution is 2.32. The van der Waals surface area contributed by atoms with E-state index in [1.807, 2.05) is 0 Å². The van der Waals surface area contributed by atoms with E-state index in [0.717, 1.165) is 31.6 Å². The predicted octanol–water partition coefficient (Wildman–Crippen LogP) is 3.17. The van der Waals surface area contributed by atoms with Gasteiger partial charge >= 0.3 is 0 Å². The summed E-state index contributed by atoms with van der Waals surface area (Å²) in [5, 5.41) is 0. The van der Waals surface area contributed by atoms with Crippen LogP contribution < -0.4 is 5.73 Å².